The monoisotopic (exact) mass is 287 g/mol. The minimum Gasteiger partial charge on any atom is -0.497 e. The minimum atomic E-state index is -4.06. The van der Waals surface area contributed by atoms with Gasteiger partial charge in [-0.15, -0.1) is 0 Å². The van der Waals surface area contributed by atoms with Crippen molar-refractivity contribution in [3.63, 3.8) is 0 Å². The summed E-state index contributed by atoms with van der Waals surface area (Å²) in [5.41, 5.74) is 1.06. The average Bonchev–Trinajstić information content (AvgIpc) is 2.45. The molecule has 1 aliphatic carbocycles. The first-order chi connectivity index (χ1) is 9.49. The van der Waals surface area contributed by atoms with Gasteiger partial charge in [-0.1, -0.05) is 18.6 Å². The van der Waals surface area contributed by atoms with Gasteiger partial charge in [-0.05, 0) is 37.0 Å². The summed E-state index contributed by atoms with van der Waals surface area (Å²) in [5, 5.41) is 3.24. The predicted octanol–water partition coefficient (Wildman–Crippen LogP) is 3.91. The van der Waals surface area contributed by atoms with E-state index in [4.69, 9.17) is 4.74 Å². The molecule has 1 aromatic rings. The maximum absolute atomic E-state index is 12.7. The topological polar surface area (TPSA) is 21.3 Å². The molecular weight excluding hydrogens is 267 g/mol. The number of halogens is 3. The van der Waals surface area contributed by atoms with Crippen LogP contribution in [0.4, 0.5) is 13.2 Å². The van der Waals surface area contributed by atoms with Crippen LogP contribution in [0, 0.1) is 5.92 Å². The van der Waals surface area contributed by atoms with Crippen LogP contribution in [0.5, 0.6) is 5.75 Å². The third-order valence-electron chi connectivity index (χ3n) is 3.89. The lowest BCUT2D eigenvalue weighted by molar-refractivity contribution is -0.183. The molecule has 0 heterocycles. The fraction of sp³-hybridized carbons (Fsp3) is 0.600. The summed E-state index contributed by atoms with van der Waals surface area (Å²) in [4.78, 5) is 0. The molecule has 0 aliphatic heterocycles. The van der Waals surface area contributed by atoms with Crippen molar-refractivity contribution in [1.29, 1.82) is 0 Å². The first kappa shape index (κ1) is 15.2. The Morgan fingerprint density at radius 3 is 2.50 bits per heavy atom. The van der Waals surface area contributed by atoms with E-state index in [1.54, 1.807) is 7.11 Å². The second-order valence-electron chi connectivity index (χ2n) is 5.33. The van der Waals surface area contributed by atoms with Crippen molar-refractivity contribution in [3.8, 4) is 5.75 Å². The van der Waals surface area contributed by atoms with Crippen molar-refractivity contribution in [2.75, 3.05) is 7.11 Å². The van der Waals surface area contributed by atoms with Gasteiger partial charge in [0.2, 0.25) is 0 Å². The van der Waals surface area contributed by atoms with Gasteiger partial charge in [0.1, 0.15) is 5.75 Å². The largest absolute Gasteiger partial charge is 0.497 e. The lowest BCUT2D eigenvalue weighted by Gasteiger charge is -2.31. The van der Waals surface area contributed by atoms with E-state index in [1.807, 2.05) is 24.3 Å². The first-order valence-corrected chi connectivity index (χ1v) is 6.92. The predicted molar refractivity (Wildman–Crippen MR) is 71.6 cm³/mol. The van der Waals surface area contributed by atoms with Crippen LogP contribution < -0.4 is 10.1 Å². The van der Waals surface area contributed by atoms with Crippen molar-refractivity contribution in [1.82, 2.24) is 5.32 Å². The first-order valence-electron chi connectivity index (χ1n) is 6.92. The van der Waals surface area contributed by atoms with Crippen molar-refractivity contribution < 1.29 is 17.9 Å². The van der Waals surface area contributed by atoms with Gasteiger partial charge in [-0.2, -0.15) is 13.2 Å². The van der Waals surface area contributed by atoms with Crippen LogP contribution in [0.15, 0.2) is 24.3 Å². The second kappa shape index (κ2) is 6.48. The van der Waals surface area contributed by atoms with E-state index >= 15 is 0 Å². The molecule has 2 rings (SSSR count). The number of methoxy groups -OCH3 is 1. The summed E-state index contributed by atoms with van der Waals surface area (Å²) < 4.78 is 43.2. The van der Waals surface area contributed by atoms with Gasteiger partial charge in [0.25, 0.3) is 0 Å². The Hall–Kier alpha value is -1.23. The third-order valence-corrected chi connectivity index (χ3v) is 3.89. The van der Waals surface area contributed by atoms with Crippen molar-refractivity contribution in [2.24, 2.45) is 5.92 Å². The minimum absolute atomic E-state index is 0.0440. The highest BCUT2D eigenvalue weighted by Crippen LogP contribution is 2.37. The van der Waals surface area contributed by atoms with E-state index in [9.17, 15) is 13.2 Å². The van der Waals surface area contributed by atoms with Crippen LogP contribution in [-0.4, -0.2) is 19.3 Å². The van der Waals surface area contributed by atoms with Crippen LogP contribution >= 0.6 is 0 Å². The third kappa shape index (κ3) is 4.13. The molecule has 0 saturated heterocycles. The number of hydrogen-bond donors (Lipinski definition) is 1. The normalized spacial score (nSPS) is 23.6. The van der Waals surface area contributed by atoms with E-state index in [0.717, 1.165) is 17.7 Å². The zero-order chi connectivity index (χ0) is 14.6. The number of benzene rings is 1. The summed E-state index contributed by atoms with van der Waals surface area (Å²) in [6.07, 6.45) is -2.13. The van der Waals surface area contributed by atoms with Crippen LogP contribution in [0.1, 0.15) is 31.2 Å². The molecule has 2 unspecified atom stereocenters. The van der Waals surface area contributed by atoms with Gasteiger partial charge in [0.05, 0.1) is 13.0 Å². The van der Waals surface area contributed by atoms with Crippen LogP contribution in [0.2, 0.25) is 0 Å². The Bertz CT molecular complexity index is 416. The van der Waals surface area contributed by atoms with Crippen molar-refractivity contribution in [3.05, 3.63) is 29.8 Å². The van der Waals surface area contributed by atoms with Gasteiger partial charge in [-0.3, -0.25) is 0 Å². The number of alkyl halides is 3. The molecule has 1 aliphatic rings. The second-order valence-corrected chi connectivity index (χ2v) is 5.33. The molecule has 1 N–H and O–H groups in total. The molecule has 0 amide bonds. The Balaban J connectivity index is 1.83. The highest BCUT2D eigenvalue weighted by Gasteiger charge is 2.41. The number of ether oxygens (including phenoxy) is 1. The van der Waals surface area contributed by atoms with E-state index < -0.39 is 12.1 Å². The molecule has 20 heavy (non-hydrogen) atoms. The van der Waals surface area contributed by atoms with Gasteiger partial charge in [0, 0.05) is 12.6 Å². The summed E-state index contributed by atoms with van der Waals surface area (Å²) >= 11 is 0. The number of nitrogens with one attached hydrogen (secondary N) is 1. The Labute approximate surface area is 117 Å². The quantitative estimate of drug-likeness (QED) is 0.906. The zero-order valence-electron chi connectivity index (χ0n) is 11.5. The Kier molecular flexibility index (Phi) is 4.91. The molecule has 0 radical (unpaired) electrons. The molecular formula is C15H20F3NO. The van der Waals surface area contributed by atoms with Crippen molar-refractivity contribution in [2.45, 2.75) is 44.4 Å². The molecule has 2 atom stereocenters. The summed E-state index contributed by atoms with van der Waals surface area (Å²) in [5.74, 6) is -0.367. The SMILES string of the molecule is COc1ccc(CNC2CCCC(C(F)(F)F)C2)cc1. The molecule has 5 heteroatoms. The fourth-order valence-corrected chi connectivity index (χ4v) is 2.68. The van der Waals surface area contributed by atoms with E-state index in [2.05, 4.69) is 5.32 Å². The maximum Gasteiger partial charge on any atom is 0.391 e. The summed E-state index contributed by atoms with van der Waals surface area (Å²) in [6.45, 7) is 0.596. The van der Waals surface area contributed by atoms with Crippen LogP contribution in [0.25, 0.3) is 0 Å². The van der Waals surface area contributed by atoms with Crippen LogP contribution in [-0.2, 0) is 6.54 Å². The molecule has 0 spiro atoms. The molecule has 1 fully saturated rings. The Morgan fingerprint density at radius 2 is 1.90 bits per heavy atom. The van der Waals surface area contributed by atoms with Crippen LogP contribution in [0.3, 0.4) is 0 Å². The fourth-order valence-electron chi connectivity index (χ4n) is 2.68. The smallest absolute Gasteiger partial charge is 0.391 e. The highest BCUT2D eigenvalue weighted by molar-refractivity contribution is 5.27. The highest BCUT2D eigenvalue weighted by atomic mass is 19.4. The van der Waals surface area contributed by atoms with Gasteiger partial charge < -0.3 is 10.1 Å². The Morgan fingerprint density at radius 1 is 1.20 bits per heavy atom. The van der Waals surface area contributed by atoms with Gasteiger partial charge >= 0.3 is 6.18 Å². The molecule has 1 saturated carbocycles. The summed E-state index contributed by atoms with van der Waals surface area (Å²) in [7, 11) is 1.60. The zero-order valence-corrected chi connectivity index (χ0v) is 11.5. The number of hydrogen-bond acceptors (Lipinski definition) is 2. The lowest BCUT2D eigenvalue weighted by Crippen LogP contribution is -2.38. The molecule has 2 nitrogen and oxygen atoms in total. The maximum atomic E-state index is 12.7. The standard InChI is InChI=1S/C15H20F3NO/c1-20-14-7-5-11(6-8-14)10-19-13-4-2-3-12(9-13)15(16,17)18/h5-8,12-13,19H,2-4,9-10H2,1H3. The van der Waals surface area contributed by atoms with Gasteiger partial charge in [-0.25, -0.2) is 0 Å². The number of rotatable bonds is 4. The molecule has 112 valence electrons. The lowest BCUT2D eigenvalue weighted by atomic mass is 9.85. The van der Waals surface area contributed by atoms with Crippen molar-refractivity contribution >= 4 is 0 Å². The molecule has 0 bridgehead atoms. The average molecular weight is 287 g/mol. The molecule has 1 aromatic carbocycles. The summed E-state index contributed by atoms with van der Waals surface area (Å²) in [6, 6.07) is 7.52. The van der Waals surface area contributed by atoms with E-state index in [0.29, 0.717) is 13.0 Å². The van der Waals surface area contributed by atoms with E-state index in [1.165, 1.54) is 0 Å². The molecule has 0 aromatic heterocycles. The van der Waals surface area contributed by atoms with Gasteiger partial charge in [0.15, 0.2) is 0 Å². The van der Waals surface area contributed by atoms with E-state index in [-0.39, 0.29) is 18.9 Å².